The second-order valence-corrected chi connectivity index (χ2v) is 6.36. The highest BCUT2D eigenvalue weighted by Gasteiger charge is 2.22. The summed E-state index contributed by atoms with van der Waals surface area (Å²) < 4.78 is 6.15. The fourth-order valence-corrected chi connectivity index (χ4v) is 3.51. The number of benzene rings is 1. The van der Waals surface area contributed by atoms with Crippen molar-refractivity contribution in [2.24, 2.45) is 0 Å². The Kier molecular flexibility index (Phi) is 4.03. The first kappa shape index (κ1) is 14.9. The summed E-state index contributed by atoms with van der Waals surface area (Å²) >= 11 is 0. The molecule has 0 spiro atoms. The molecule has 1 fully saturated rings. The van der Waals surface area contributed by atoms with Crippen LogP contribution in [0, 0.1) is 0 Å². The van der Waals surface area contributed by atoms with Crippen LogP contribution in [0.15, 0.2) is 43.1 Å². The second kappa shape index (κ2) is 6.48. The highest BCUT2D eigenvalue weighted by molar-refractivity contribution is 5.85. The predicted molar refractivity (Wildman–Crippen MR) is 96.3 cm³/mol. The molecule has 1 aliphatic rings. The summed E-state index contributed by atoms with van der Waals surface area (Å²) in [5.41, 5.74) is 2.99. The monoisotopic (exact) mass is 319 g/mol. The predicted octanol–water partition coefficient (Wildman–Crippen LogP) is 5.44. The summed E-state index contributed by atoms with van der Waals surface area (Å²) in [5.74, 6) is 2.16. The largest absolute Gasteiger partial charge is 0.456 e. The van der Waals surface area contributed by atoms with Gasteiger partial charge in [0.15, 0.2) is 5.65 Å². The Hall–Kier alpha value is -2.62. The fraction of sp³-hybridized carbons (Fsp3) is 0.300. The summed E-state index contributed by atoms with van der Waals surface area (Å²) in [7, 11) is 0. The van der Waals surface area contributed by atoms with Crippen molar-refractivity contribution in [2.75, 3.05) is 0 Å². The number of rotatable bonds is 4. The number of nitrogens with zero attached hydrogens (tertiary/aromatic N) is 2. The molecule has 0 bridgehead atoms. The zero-order valence-corrected chi connectivity index (χ0v) is 13.7. The van der Waals surface area contributed by atoms with Gasteiger partial charge in [0.1, 0.15) is 11.5 Å². The van der Waals surface area contributed by atoms with Crippen LogP contribution in [0.1, 0.15) is 49.3 Å². The SMILES string of the molecule is C=Cc1ccc(Oc2ccnc3n[nH]c(C4CCCCC4)c23)cc1. The van der Waals surface area contributed by atoms with Crippen LogP contribution < -0.4 is 4.74 Å². The molecule has 2 heterocycles. The van der Waals surface area contributed by atoms with Crippen LogP contribution in [0.5, 0.6) is 11.5 Å². The minimum Gasteiger partial charge on any atom is -0.456 e. The molecule has 122 valence electrons. The molecule has 3 aromatic rings. The average Bonchev–Trinajstić information content (AvgIpc) is 3.08. The van der Waals surface area contributed by atoms with E-state index in [1.807, 2.05) is 36.4 Å². The molecule has 4 nitrogen and oxygen atoms in total. The minimum absolute atomic E-state index is 0.526. The van der Waals surface area contributed by atoms with E-state index >= 15 is 0 Å². The molecule has 0 atom stereocenters. The first-order valence-electron chi connectivity index (χ1n) is 8.58. The van der Waals surface area contributed by atoms with Crippen LogP contribution in [0.25, 0.3) is 17.1 Å². The van der Waals surface area contributed by atoms with E-state index in [-0.39, 0.29) is 0 Å². The van der Waals surface area contributed by atoms with Crippen LogP contribution in [0.4, 0.5) is 0 Å². The minimum atomic E-state index is 0.526. The number of hydrogen-bond acceptors (Lipinski definition) is 3. The summed E-state index contributed by atoms with van der Waals surface area (Å²) in [4.78, 5) is 4.39. The van der Waals surface area contributed by atoms with Gasteiger partial charge in [0, 0.05) is 12.1 Å². The van der Waals surface area contributed by atoms with Crippen molar-refractivity contribution in [3.05, 3.63) is 54.4 Å². The van der Waals surface area contributed by atoms with Crippen molar-refractivity contribution in [1.82, 2.24) is 15.2 Å². The number of pyridine rings is 1. The Balaban J connectivity index is 1.71. The van der Waals surface area contributed by atoms with Crippen LogP contribution >= 0.6 is 0 Å². The lowest BCUT2D eigenvalue weighted by molar-refractivity contribution is 0.436. The molecule has 2 aromatic heterocycles. The second-order valence-electron chi connectivity index (χ2n) is 6.36. The van der Waals surface area contributed by atoms with Crippen LogP contribution in [-0.2, 0) is 0 Å². The highest BCUT2D eigenvalue weighted by Crippen LogP contribution is 2.39. The standard InChI is InChI=1S/C20H21N3O/c1-2-14-8-10-16(11-9-14)24-17-12-13-21-20-18(17)19(22-23-20)15-6-4-3-5-7-15/h2,8-13,15H,1,3-7H2,(H,21,22,23). The van der Waals surface area contributed by atoms with Gasteiger partial charge in [-0.25, -0.2) is 4.98 Å². The highest BCUT2D eigenvalue weighted by atomic mass is 16.5. The molecule has 0 radical (unpaired) electrons. The van der Waals surface area contributed by atoms with E-state index in [2.05, 4.69) is 21.8 Å². The Bertz CT molecular complexity index is 845. The molecule has 1 aliphatic carbocycles. The Labute approximate surface area is 141 Å². The zero-order valence-electron chi connectivity index (χ0n) is 13.7. The van der Waals surface area contributed by atoms with Gasteiger partial charge in [0.05, 0.1) is 11.1 Å². The molecule has 24 heavy (non-hydrogen) atoms. The molecule has 1 saturated carbocycles. The van der Waals surface area contributed by atoms with Crippen molar-refractivity contribution in [3.63, 3.8) is 0 Å². The Morgan fingerprint density at radius 1 is 1.08 bits per heavy atom. The third kappa shape index (κ3) is 2.80. The molecule has 4 heteroatoms. The van der Waals surface area contributed by atoms with Crippen molar-refractivity contribution >= 4 is 17.1 Å². The molecule has 0 saturated heterocycles. The molecule has 1 aromatic carbocycles. The van der Waals surface area contributed by atoms with Gasteiger partial charge < -0.3 is 4.74 Å². The van der Waals surface area contributed by atoms with Gasteiger partial charge in [0.25, 0.3) is 0 Å². The smallest absolute Gasteiger partial charge is 0.184 e. The average molecular weight is 319 g/mol. The van der Waals surface area contributed by atoms with Crippen LogP contribution in [-0.4, -0.2) is 15.2 Å². The number of nitrogens with one attached hydrogen (secondary N) is 1. The number of fused-ring (bicyclic) bond motifs is 1. The number of ether oxygens (including phenoxy) is 1. The lowest BCUT2D eigenvalue weighted by Gasteiger charge is -2.21. The summed E-state index contributed by atoms with van der Waals surface area (Å²) in [6, 6.07) is 9.84. The van der Waals surface area contributed by atoms with Gasteiger partial charge in [-0.15, -0.1) is 0 Å². The van der Waals surface area contributed by atoms with E-state index in [1.165, 1.54) is 37.8 Å². The van der Waals surface area contributed by atoms with Crippen molar-refractivity contribution in [2.45, 2.75) is 38.0 Å². The molecule has 4 rings (SSSR count). The van der Waals surface area contributed by atoms with E-state index < -0.39 is 0 Å². The van der Waals surface area contributed by atoms with Gasteiger partial charge in [-0.2, -0.15) is 5.10 Å². The first-order chi connectivity index (χ1) is 11.8. The number of aromatic amines is 1. The van der Waals surface area contributed by atoms with Gasteiger partial charge >= 0.3 is 0 Å². The molecule has 0 unspecified atom stereocenters. The quantitative estimate of drug-likeness (QED) is 0.696. The normalized spacial score (nSPS) is 15.5. The molecular weight excluding hydrogens is 298 g/mol. The first-order valence-corrected chi connectivity index (χ1v) is 8.58. The maximum Gasteiger partial charge on any atom is 0.184 e. The maximum atomic E-state index is 6.15. The Morgan fingerprint density at radius 3 is 2.62 bits per heavy atom. The van der Waals surface area contributed by atoms with E-state index in [9.17, 15) is 0 Å². The molecular formula is C20H21N3O. The van der Waals surface area contributed by atoms with Gasteiger partial charge in [-0.1, -0.05) is 44.1 Å². The topological polar surface area (TPSA) is 50.8 Å². The summed E-state index contributed by atoms with van der Waals surface area (Å²) in [5, 5.41) is 8.64. The van der Waals surface area contributed by atoms with Crippen molar-refractivity contribution in [1.29, 1.82) is 0 Å². The van der Waals surface area contributed by atoms with Crippen LogP contribution in [0.2, 0.25) is 0 Å². The van der Waals surface area contributed by atoms with Gasteiger partial charge in [-0.05, 0) is 36.6 Å². The maximum absolute atomic E-state index is 6.15. The number of aromatic nitrogens is 3. The van der Waals surface area contributed by atoms with Gasteiger partial charge in [0.2, 0.25) is 0 Å². The summed E-state index contributed by atoms with van der Waals surface area (Å²) in [6.07, 6.45) is 9.89. The van der Waals surface area contributed by atoms with Crippen molar-refractivity contribution < 1.29 is 4.74 Å². The third-order valence-electron chi connectivity index (χ3n) is 4.80. The zero-order chi connectivity index (χ0) is 16.4. The van der Waals surface area contributed by atoms with Crippen molar-refractivity contribution in [3.8, 4) is 11.5 Å². The van der Waals surface area contributed by atoms with E-state index in [0.29, 0.717) is 5.92 Å². The third-order valence-corrected chi connectivity index (χ3v) is 4.80. The van der Waals surface area contributed by atoms with Crippen LogP contribution in [0.3, 0.4) is 0 Å². The molecule has 0 amide bonds. The summed E-state index contributed by atoms with van der Waals surface area (Å²) in [6.45, 7) is 3.78. The van der Waals surface area contributed by atoms with E-state index in [0.717, 1.165) is 28.1 Å². The number of hydrogen-bond donors (Lipinski definition) is 1. The van der Waals surface area contributed by atoms with E-state index in [1.54, 1.807) is 6.20 Å². The van der Waals surface area contributed by atoms with E-state index in [4.69, 9.17) is 4.74 Å². The van der Waals surface area contributed by atoms with Gasteiger partial charge in [-0.3, -0.25) is 5.10 Å². The number of H-pyrrole nitrogens is 1. The lowest BCUT2D eigenvalue weighted by atomic mass is 9.86. The lowest BCUT2D eigenvalue weighted by Crippen LogP contribution is -2.05. The molecule has 0 aliphatic heterocycles. The Morgan fingerprint density at radius 2 is 1.88 bits per heavy atom. The fourth-order valence-electron chi connectivity index (χ4n) is 3.51. The molecule has 1 N–H and O–H groups in total.